The predicted molar refractivity (Wildman–Crippen MR) is 113 cm³/mol. The largest absolute Gasteiger partial charge is 0.480 e. The normalized spacial score (nSPS) is 23.6. The van der Waals surface area contributed by atoms with E-state index in [9.17, 15) is 18.3 Å². The second-order valence-corrected chi connectivity index (χ2v) is 10.8. The van der Waals surface area contributed by atoms with E-state index in [-0.39, 0.29) is 16.0 Å². The molecule has 1 aliphatic rings. The van der Waals surface area contributed by atoms with Gasteiger partial charge in [0.2, 0.25) is 0 Å². The van der Waals surface area contributed by atoms with Crippen LogP contribution in [0.25, 0.3) is 10.6 Å². The van der Waals surface area contributed by atoms with E-state index in [1.54, 1.807) is 19.1 Å². The van der Waals surface area contributed by atoms with Crippen molar-refractivity contribution in [3.63, 3.8) is 0 Å². The van der Waals surface area contributed by atoms with Gasteiger partial charge in [-0.15, -0.1) is 11.3 Å². The Hall–Kier alpha value is -2.49. The van der Waals surface area contributed by atoms with Crippen molar-refractivity contribution < 1.29 is 22.8 Å². The van der Waals surface area contributed by atoms with Gasteiger partial charge in [0.05, 0.1) is 4.88 Å². The molecule has 0 saturated heterocycles. The summed E-state index contributed by atoms with van der Waals surface area (Å²) in [6.07, 6.45) is 0. The summed E-state index contributed by atoms with van der Waals surface area (Å²) in [4.78, 5) is 12.8. The maximum Gasteiger partial charge on any atom is 0.325 e. The highest BCUT2D eigenvalue weighted by molar-refractivity contribution is 7.91. The summed E-state index contributed by atoms with van der Waals surface area (Å²) in [7, 11) is -4.04. The topological polar surface area (TPSA) is 110 Å². The van der Waals surface area contributed by atoms with Crippen LogP contribution in [0.1, 0.15) is 43.9 Å². The highest BCUT2D eigenvalue weighted by atomic mass is 32.2. The van der Waals surface area contributed by atoms with E-state index in [1.165, 1.54) is 6.07 Å². The first kappa shape index (κ1) is 20.8. The van der Waals surface area contributed by atoms with E-state index in [2.05, 4.69) is 9.88 Å². The smallest absolute Gasteiger partial charge is 0.325 e. The van der Waals surface area contributed by atoms with E-state index in [1.807, 2.05) is 44.2 Å². The zero-order chi connectivity index (χ0) is 21.7. The molecule has 0 amide bonds. The van der Waals surface area contributed by atoms with Gasteiger partial charge in [-0.1, -0.05) is 56.3 Å². The maximum atomic E-state index is 13.1. The van der Waals surface area contributed by atoms with E-state index >= 15 is 0 Å². The third kappa shape index (κ3) is 3.36. The molecule has 1 saturated carbocycles. The summed E-state index contributed by atoms with van der Waals surface area (Å²) in [5.41, 5.74) is -0.214. The number of nitrogens with zero attached hydrogens (tertiary/aromatic N) is 1. The third-order valence-corrected chi connectivity index (χ3v) is 8.69. The summed E-state index contributed by atoms with van der Waals surface area (Å²) in [6, 6.07) is 14.0. The van der Waals surface area contributed by atoms with Crippen LogP contribution in [-0.4, -0.2) is 30.2 Å². The quantitative estimate of drug-likeness (QED) is 0.566. The van der Waals surface area contributed by atoms with Crippen molar-refractivity contribution in [2.45, 2.75) is 42.4 Å². The molecule has 1 aromatic carbocycles. The van der Waals surface area contributed by atoms with Crippen LogP contribution in [0, 0.1) is 5.92 Å². The molecule has 30 heavy (non-hydrogen) atoms. The first-order chi connectivity index (χ1) is 14.2. The fraction of sp³-hybridized carbons (Fsp3) is 0.333. The lowest BCUT2D eigenvalue weighted by molar-refractivity contribution is -0.140. The van der Waals surface area contributed by atoms with Gasteiger partial charge in [0.1, 0.15) is 21.2 Å². The summed E-state index contributed by atoms with van der Waals surface area (Å²) in [5.74, 6) is -1.12. The average molecular weight is 447 g/mol. The number of carboxylic acids is 1. The second kappa shape index (κ2) is 7.33. The molecule has 3 atom stereocenters. The van der Waals surface area contributed by atoms with Crippen LogP contribution < -0.4 is 4.72 Å². The molecule has 3 aromatic rings. The number of thiophene rings is 1. The Balaban J connectivity index is 1.62. The molecule has 4 rings (SSSR count). The number of sulfonamides is 1. The van der Waals surface area contributed by atoms with Gasteiger partial charge in [0, 0.05) is 17.9 Å². The Morgan fingerprint density at radius 3 is 2.53 bits per heavy atom. The third-order valence-electron chi connectivity index (χ3n) is 5.61. The van der Waals surface area contributed by atoms with Gasteiger partial charge >= 0.3 is 5.97 Å². The van der Waals surface area contributed by atoms with E-state index in [0.717, 1.165) is 16.9 Å². The number of aliphatic carboxylic acids is 1. The highest BCUT2D eigenvalue weighted by Gasteiger charge is 2.70. The Kier molecular flexibility index (Phi) is 5.08. The number of hydrogen-bond donors (Lipinski definition) is 2. The lowest BCUT2D eigenvalue weighted by Crippen LogP contribution is -2.45. The average Bonchev–Trinajstić information content (AvgIpc) is 3.14. The minimum atomic E-state index is -4.04. The van der Waals surface area contributed by atoms with Crippen molar-refractivity contribution in [3.05, 3.63) is 59.9 Å². The van der Waals surface area contributed by atoms with Gasteiger partial charge in [-0.2, -0.15) is 4.72 Å². The molecule has 2 N–H and O–H groups in total. The minimum Gasteiger partial charge on any atom is -0.480 e. The van der Waals surface area contributed by atoms with Crippen molar-refractivity contribution >= 4 is 27.3 Å². The van der Waals surface area contributed by atoms with Crippen LogP contribution in [0.2, 0.25) is 0 Å². The Morgan fingerprint density at radius 2 is 1.93 bits per heavy atom. The zero-order valence-electron chi connectivity index (χ0n) is 16.7. The molecule has 9 heteroatoms. The van der Waals surface area contributed by atoms with Gasteiger partial charge in [-0.25, -0.2) is 8.42 Å². The predicted octanol–water partition coefficient (Wildman–Crippen LogP) is 4.06. The SMILES string of the molecule is CC(C)c1cc(-c2ccc(S(=O)(=O)N[C@@]3(C(=O)O)[C@H](C)[C@@H]3c3ccccc3)s2)no1. The standard InChI is InChI=1S/C21H22N2O5S2/c1-12(2)16-11-15(22-28-16)17-9-10-18(29-17)30(26,27)23-21(20(24)25)13(3)19(21)14-7-5-4-6-8-14/h4-13,19,23H,1-3H3,(H,24,25)/t13-,19-,21+/m1/s1. The molecule has 2 aromatic heterocycles. The monoisotopic (exact) mass is 446 g/mol. The van der Waals surface area contributed by atoms with Crippen molar-refractivity contribution in [2.75, 3.05) is 0 Å². The Labute approximate surface area is 178 Å². The first-order valence-electron chi connectivity index (χ1n) is 9.56. The lowest BCUT2D eigenvalue weighted by atomic mass is 10.1. The number of carboxylic acid groups (broad SMARTS) is 1. The van der Waals surface area contributed by atoms with Crippen LogP contribution in [-0.2, 0) is 14.8 Å². The van der Waals surface area contributed by atoms with E-state index < -0.39 is 27.4 Å². The number of carbonyl (C=O) groups is 1. The van der Waals surface area contributed by atoms with Gasteiger partial charge in [-0.3, -0.25) is 4.79 Å². The summed E-state index contributed by atoms with van der Waals surface area (Å²) in [5, 5.41) is 13.9. The second-order valence-electron chi connectivity index (χ2n) is 7.84. The summed E-state index contributed by atoms with van der Waals surface area (Å²) < 4.78 is 33.9. The molecule has 0 aliphatic heterocycles. The minimum absolute atomic E-state index is 0.0399. The molecule has 0 radical (unpaired) electrons. The van der Waals surface area contributed by atoms with Gasteiger partial charge in [0.25, 0.3) is 10.0 Å². The number of benzene rings is 1. The van der Waals surface area contributed by atoms with Gasteiger partial charge in [0.15, 0.2) is 0 Å². The fourth-order valence-electron chi connectivity index (χ4n) is 3.85. The Bertz CT molecular complexity index is 1180. The van der Waals surface area contributed by atoms with Crippen molar-refractivity contribution in [3.8, 4) is 10.6 Å². The van der Waals surface area contributed by atoms with Crippen molar-refractivity contribution in [1.82, 2.24) is 9.88 Å². The molecule has 0 unspecified atom stereocenters. The molecule has 1 aliphatic carbocycles. The van der Waals surface area contributed by atoms with Crippen LogP contribution in [0.15, 0.2) is 57.3 Å². The fourth-order valence-corrected chi connectivity index (χ4v) is 6.57. The van der Waals surface area contributed by atoms with Gasteiger partial charge < -0.3 is 9.63 Å². The molecular formula is C21H22N2O5S2. The summed E-state index contributed by atoms with van der Waals surface area (Å²) in [6.45, 7) is 5.70. The molecule has 7 nitrogen and oxygen atoms in total. The highest BCUT2D eigenvalue weighted by Crippen LogP contribution is 2.58. The molecule has 1 fully saturated rings. The van der Waals surface area contributed by atoms with Crippen LogP contribution in [0.5, 0.6) is 0 Å². The molecule has 0 bridgehead atoms. The van der Waals surface area contributed by atoms with E-state index in [4.69, 9.17) is 4.52 Å². The van der Waals surface area contributed by atoms with Crippen molar-refractivity contribution in [1.29, 1.82) is 0 Å². The molecule has 0 spiro atoms. The molecular weight excluding hydrogens is 424 g/mol. The number of hydrogen-bond acceptors (Lipinski definition) is 6. The lowest BCUT2D eigenvalue weighted by Gasteiger charge is -2.15. The van der Waals surface area contributed by atoms with Crippen molar-refractivity contribution in [2.24, 2.45) is 5.92 Å². The molecule has 2 heterocycles. The molecule has 158 valence electrons. The van der Waals surface area contributed by atoms with E-state index in [0.29, 0.717) is 16.3 Å². The number of rotatable bonds is 7. The van der Waals surface area contributed by atoms with Gasteiger partial charge in [-0.05, 0) is 23.6 Å². The zero-order valence-corrected chi connectivity index (χ0v) is 18.3. The number of nitrogens with one attached hydrogen (secondary N) is 1. The maximum absolute atomic E-state index is 13.1. The van der Waals surface area contributed by atoms with Crippen LogP contribution in [0.4, 0.5) is 0 Å². The van der Waals surface area contributed by atoms with Crippen LogP contribution >= 0.6 is 11.3 Å². The first-order valence-corrected chi connectivity index (χ1v) is 11.9. The number of aromatic nitrogens is 1. The summed E-state index contributed by atoms with van der Waals surface area (Å²) >= 11 is 1.03. The van der Waals surface area contributed by atoms with Crippen LogP contribution in [0.3, 0.4) is 0 Å². The Morgan fingerprint density at radius 1 is 1.23 bits per heavy atom.